The molecule has 1 aromatic heterocycles. The second-order valence-corrected chi connectivity index (χ2v) is 6.69. The third-order valence-electron chi connectivity index (χ3n) is 3.81. The van der Waals surface area contributed by atoms with Gasteiger partial charge in [0.25, 0.3) is 0 Å². The van der Waals surface area contributed by atoms with Crippen molar-refractivity contribution in [2.45, 2.75) is 44.4 Å². The second-order valence-electron chi connectivity index (χ2n) is 6.17. The van der Waals surface area contributed by atoms with Gasteiger partial charge in [-0.05, 0) is 31.2 Å². The lowest BCUT2D eigenvalue weighted by molar-refractivity contribution is 0.510. The Balaban J connectivity index is 1.94. The molecule has 1 aliphatic carbocycles. The average Bonchev–Trinajstić information content (AvgIpc) is 3.17. The molecule has 1 fully saturated rings. The average molecular weight is 289 g/mol. The van der Waals surface area contributed by atoms with Crippen molar-refractivity contribution in [1.82, 2.24) is 0 Å². The van der Waals surface area contributed by atoms with Crippen LogP contribution in [0.15, 0.2) is 40.8 Å². The Morgan fingerprint density at radius 3 is 2.50 bits per heavy atom. The van der Waals surface area contributed by atoms with Crippen LogP contribution in [-0.2, 0) is 0 Å². The van der Waals surface area contributed by atoms with Crippen LogP contribution in [0.4, 0.5) is 0 Å². The molecule has 0 N–H and O–H groups in total. The molecule has 1 heterocycles. The summed E-state index contributed by atoms with van der Waals surface area (Å²) in [4.78, 5) is 0. The lowest BCUT2D eigenvalue weighted by atomic mass is 10.0. The van der Waals surface area contributed by atoms with E-state index in [-0.39, 0.29) is 5.38 Å². The Morgan fingerprint density at radius 2 is 1.90 bits per heavy atom. The third-order valence-corrected chi connectivity index (χ3v) is 4.23. The molecular weight excluding hydrogens is 268 g/mol. The van der Waals surface area contributed by atoms with Gasteiger partial charge in [-0.1, -0.05) is 44.2 Å². The van der Waals surface area contributed by atoms with E-state index in [1.807, 2.05) is 18.2 Å². The highest BCUT2D eigenvalue weighted by molar-refractivity contribution is 6.21. The van der Waals surface area contributed by atoms with Gasteiger partial charge in [-0.2, -0.15) is 0 Å². The Bertz CT molecular complexity index is 566. The van der Waals surface area contributed by atoms with Crippen molar-refractivity contribution in [2.75, 3.05) is 0 Å². The molecule has 1 unspecified atom stereocenters. The van der Waals surface area contributed by atoms with E-state index in [0.29, 0.717) is 11.8 Å². The summed E-state index contributed by atoms with van der Waals surface area (Å²) < 4.78 is 6.14. The fraction of sp³-hybridized carbons (Fsp3) is 0.444. The molecule has 0 amide bonds. The highest BCUT2D eigenvalue weighted by atomic mass is 35.5. The molecule has 0 bridgehead atoms. The maximum absolute atomic E-state index is 6.62. The van der Waals surface area contributed by atoms with Crippen LogP contribution < -0.4 is 0 Å². The maximum atomic E-state index is 6.62. The van der Waals surface area contributed by atoms with Crippen LogP contribution in [0.25, 0.3) is 11.3 Å². The monoisotopic (exact) mass is 288 g/mol. The Labute approximate surface area is 125 Å². The zero-order chi connectivity index (χ0) is 14.1. The summed E-state index contributed by atoms with van der Waals surface area (Å²) in [6.45, 7) is 4.43. The van der Waals surface area contributed by atoms with Crippen molar-refractivity contribution >= 4 is 11.6 Å². The highest BCUT2D eigenvalue weighted by Gasteiger charge is 2.32. The van der Waals surface area contributed by atoms with E-state index >= 15 is 0 Å². The molecule has 0 aliphatic heterocycles. The summed E-state index contributed by atoms with van der Waals surface area (Å²) >= 11 is 6.62. The summed E-state index contributed by atoms with van der Waals surface area (Å²) in [5, 5.41) is 0.0619. The molecule has 20 heavy (non-hydrogen) atoms. The molecule has 2 aromatic rings. The summed E-state index contributed by atoms with van der Waals surface area (Å²) in [5.74, 6) is 3.27. The summed E-state index contributed by atoms with van der Waals surface area (Å²) in [7, 11) is 0. The van der Waals surface area contributed by atoms with E-state index in [2.05, 4.69) is 32.0 Å². The van der Waals surface area contributed by atoms with Gasteiger partial charge in [-0.15, -0.1) is 11.6 Å². The molecule has 3 rings (SSSR count). The van der Waals surface area contributed by atoms with Gasteiger partial charge in [-0.3, -0.25) is 0 Å². The molecule has 1 aliphatic rings. The van der Waals surface area contributed by atoms with Crippen molar-refractivity contribution in [3.63, 3.8) is 0 Å². The molecular formula is C18H21ClO. The summed E-state index contributed by atoms with van der Waals surface area (Å²) in [6.07, 6.45) is 3.47. The summed E-state index contributed by atoms with van der Waals surface area (Å²) in [6, 6.07) is 12.4. The first-order valence-corrected chi connectivity index (χ1v) is 7.92. The van der Waals surface area contributed by atoms with Gasteiger partial charge in [0.15, 0.2) is 0 Å². The van der Waals surface area contributed by atoms with Crippen molar-refractivity contribution in [1.29, 1.82) is 0 Å². The zero-order valence-corrected chi connectivity index (χ0v) is 12.9. The van der Waals surface area contributed by atoms with E-state index in [9.17, 15) is 0 Å². The van der Waals surface area contributed by atoms with Crippen molar-refractivity contribution in [3.05, 3.63) is 47.7 Å². The predicted octanol–water partition coefficient (Wildman–Crippen LogP) is 6.15. The van der Waals surface area contributed by atoms with Crippen LogP contribution in [0, 0.1) is 5.92 Å². The molecule has 0 radical (unpaired) electrons. The van der Waals surface area contributed by atoms with Crippen LogP contribution in [0.1, 0.15) is 55.7 Å². The minimum absolute atomic E-state index is 0.0619. The molecule has 0 saturated heterocycles. The smallest absolute Gasteiger partial charge is 0.134 e. The van der Waals surface area contributed by atoms with E-state index < -0.39 is 0 Å². The lowest BCUT2D eigenvalue weighted by Gasteiger charge is -2.11. The minimum atomic E-state index is 0.0619. The van der Waals surface area contributed by atoms with Crippen LogP contribution in [0.2, 0.25) is 0 Å². The molecule has 1 nitrogen and oxygen atoms in total. The van der Waals surface area contributed by atoms with E-state index in [4.69, 9.17) is 16.0 Å². The normalized spacial score (nSPS) is 16.6. The van der Waals surface area contributed by atoms with Crippen LogP contribution in [-0.4, -0.2) is 0 Å². The first-order chi connectivity index (χ1) is 9.65. The summed E-state index contributed by atoms with van der Waals surface area (Å²) in [5.41, 5.74) is 2.34. The van der Waals surface area contributed by atoms with Gasteiger partial charge < -0.3 is 4.42 Å². The van der Waals surface area contributed by atoms with Crippen LogP contribution in [0.5, 0.6) is 0 Å². The standard InChI is InChI=1S/C18H21ClO/c1-12(2)10-16(19)15-11-17(13-6-4-3-5-7-13)20-18(15)14-8-9-14/h3-7,11-12,14,16H,8-10H2,1-2H3. The molecule has 1 saturated carbocycles. The van der Waals surface area contributed by atoms with Crippen molar-refractivity contribution in [3.8, 4) is 11.3 Å². The van der Waals surface area contributed by atoms with E-state index in [1.165, 1.54) is 18.4 Å². The number of benzene rings is 1. The van der Waals surface area contributed by atoms with Gasteiger partial charge in [0.2, 0.25) is 0 Å². The number of hydrogen-bond donors (Lipinski definition) is 0. The van der Waals surface area contributed by atoms with Gasteiger partial charge >= 0.3 is 0 Å². The van der Waals surface area contributed by atoms with Gasteiger partial charge in [0, 0.05) is 17.0 Å². The van der Waals surface area contributed by atoms with Crippen molar-refractivity contribution in [2.24, 2.45) is 5.92 Å². The number of rotatable bonds is 5. The highest BCUT2D eigenvalue weighted by Crippen LogP contribution is 2.47. The largest absolute Gasteiger partial charge is 0.460 e. The van der Waals surface area contributed by atoms with Crippen LogP contribution in [0.3, 0.4) is 0 Å². The topological polar surface area (TPSA) is 13.1 Å². The molecule has 0 spiro atoms. The Hall–Kier alpha value is -1.21. The fourth-order valence-corrected chi connectivity index (χ4v) is 3.14. The minimum Gasteiger partial charge on any atom is -0.460 e. The number of hydrogen-bond acceptors (Lipinski definition) is 1. The van der Waals surface area contributed by atoms with Gasteiger partial charge in [0.1, 0.15) is 11.5 Å². The molecule has 106 valence electrons. The lowest BCUT2D eigenvalue weighted by Crippen LogP contribution is -1.97. The SMILES string of the molecule is CC(C)CC(Cl)c1cc(-c2ccccc2)oc1C1CC1. The first kappa shape index (κ1) is 13.8. The molecule has 2 heteroatoms. The van der Waals surface area contributed by atoms with Gasteiger partial charge in [0.05, 0.1) is 5.38 Å². The second kappa shape index (κ2) is 5.65. The third kappa shape index (κ3) is 2.93. The number of alkyl halides is 1. The van der Waals surface area contributed by atoms with Crippen molar-refractivity contribution < 1.29 is 4.42 Å². The first-order valence-electron chi connectivity index (χ1n) is 7.48. The molecule has 1 aromatic carbocycles. The van der Waals surface area contributed by atoms with Gasteiger partial charge in [-0.25, -0.2) is 0 Å². The number of halogens is 1. The quantitative estimate of drug-likeness (QED) is 0.601. The Morgan fingerprint density at radius 1 is 1.20 bits per heavy atom. The van der Waals surface area contributed by atoms with E-state index in [1.54, 1.807) is 0 Å². The maximum Gasteiger partial charge on any atom is 0.134 e. The zero-order valence-electron chi connectivity index (χ0n) is 12.1. The number of furan rings is 1. The fourth-order valence-electron chi connectivity index (χ4n) is 2.61. The Kier molecular flexibility index (Phi) is 3.89. The predicted molar refractivity (Wildman–Crippen MR) is 84.2 cm³/mol. The molecule has 1 atom stereocenters. The van der Waals surface area contributed by atoms with Crippen LogP contribution >= 0.6 is 11.6 Å². The van der Waals surface area contributed by atoms with E-state index in [0.717, 1.165) is 23.5 Å².